The first-order valence-electron chi connectivity index (χ1n) is 6.07. The van der Waals surface area contributed by atoms with E-state index in [9.17, 15) is 4.79 Å². The van der Waals surface area contributed by atoms with Crippen LogP contribution in [0.25, 0.3) is 10.9 Å². The molecule has 1 N–H and O–H groups in total. The molecule has 0 aliphatic rings. The summed E-state index contributed by atoms with van der Waals surface area (Å²) in [5.41, 5.74) is 3.90. The zero-order valence-electron chi connectivity index (χ0n) is 10.2. The lowest BCUT2D eigenvalue weighted by atomic mass is 10.1. The molecule has 0 amide bonds. The largest absolute Gasteiger partial charge is 0.357 e. The SMILES string of the molecule is O=Cc1c(Cc2ccccc2)[nH]c2cc(Br)ccc12. The summed E-state index contributed by atoms with van der Waals surface area (Å²) in [6.45, 7) is 0. The van der Waals surface area contributed by atoms with Gasteiger partial charge in [0, 0.05) is 33.1 Å². The van der Waals surface area contributed by atoms with Gasteiger partial charge in [0.1, 0.15) is 0 Å². The van der Waals surface area contributed by atoms with Gasteiger partial charge in [-0.15, -0.1) is 0 Å². The second-order valence-electron chi connectivity index (χ2n) is 4.49. The van der Waals surface area contributed by atoms with Gasteiger partial charge in [-0.25, -0.2) is 0 Å². The van der Waals surface area contributed by atoms with Crippen LogP contribution in [0.2, 0.25) is 0 Å². The summed E-state index contributed by atoms with van der Waals surface area (Å²) in [5, 5.41) is 0.976. The van der Waals surface area contributed by atoms with Crippen molar-refractivity contribution < 1.29 is 4.79 Å². The number of rotatable bonds is 3. The van der Waals surface area contributed by atoms with Crippen molar-refractivity contribution in [1.29, 1.82) is 0 Å². The molecule has 0 saturated heterocycles. The number of fused-ring (bicyclic) bond motifs is 1. The molecular weight excluding hydrogens is 302 g/mol. The summed E-state index contributed by atoms with van der Waals surface area (Å²) in [4.78, 5) is 14.7. The molecule has 0 unspecified atom stereocenters. The van der Waals surface area contributed by atoms with Gasteiger partial charge in [0.2, 0.25) is 0 Å². The predicted molar refractivity (Wildman–Crippen MR) is 80.6 cm³/mol. The first-order chi connectivity index (χ1) is 9.28. The molecule has 3 rings (SSSR count). The number of halogens is 1. The molecule has 2 nitrogen and oxygen atoms in total. The Labute approximate surface area is 119 Å². The van der Waals surface area contributed by atoms with Crippen molar-refractivity contribution in [2.75, 3.05) is 0 Å². The molecule has 0 saturated carbocycles. The van der Waals surface area contributed by atoms with E-state index in [1.807, 2.05) is 36.4 Å². The van der Waals surface area contributed by atoms with Crippen molar-refractivity contribution >= 4 is 33.1 Å². The van der Waals surface area contributed by atoms with Crippen molar-refractivity contribution in [3.8, 4) is 0 Å². The van der Waals surface area contributed by atoms with E-state index in [1.54, 1.807) is 0 Å². The normalized spacial score (nSPS) is 10.8. The Morgan fingerprint density at radius 3 is 2.63 bits per heavy atom. The van der Waals surface area contributed by atoms with Crippen LogP contribution in [-0.4, -0.2) is 11.3 Å². The lowest BCUT2D eigenvalue weighted by molar-refractivity contribution is 0.112. The van der Waals surface area contributed by atoms with E-state index in [1.165, 1.54) is 5.56 Å². The van der Waals surface area contributed by atoms with E-state index < -0.39 is 0 Å². The first-order valence-corrected chi connectivity index (χ1v) is 6.86. The molecule has 1 heterocycles. The van der Waals surface area contributed by atoms with Crippen molar-refractivity contribution in [3.05, 3.63) is 69.8 Å². The highest BCUT2D eigenvalue weighted by Crippen LogP contribution is 2.25. The summed E-state index contributed by atoms with van der Waals surface area (Å²) < 4.78 is 1.00. The van der Waals surface area contributed by atoms with Gasteiger partial charge in [0.15, 0.2) is 6.29 Å². The average Bonchev–Trinajstić information content (AvgIpc) is 2.76. The van der Waals surface area contributed by atoms with Crippen molar-refractivity contribution in [2.24, 2.45) is 0 Å². The lowest BCUT2D eigenvalue weighted by Gasteiger charge is -1.99. The number of H-pyrrole nitrogens is 1. The van der Waals surface area contributed by atoms with E-state index in [0.717, 1.165) is 39.3 Å². The van der Waals surface area contributed by atoms with Gasteiger partial charge in [-0.1, -0.05) is 52.3 Å². The van der Waals surface area contributed by atoms with Crippen LogP contribution in [0.1, 0.15) is 21.6 Å². The van der Waals surface area contributed by atoms with Gasteiger partial charge in [-0.2, -0.15) is 0 Å². The van der Waals surface area contributed by atoms with Crippen LogP contribution in [-0.2, 0) is 6.42 Å². The predicted octanol–water partition coefficient (Wildman–Crippen LogP) is 4.33. The first kappa shape index (κ1) is 12.2. The molecule has 3 heteroatoms. The van der Waals surface area contributed by atoms with Gasteiger partial charge in [-0.3, -0.25) is 4.79 Å². The molecule has 1 aromatic heterocycles. The second-order valence-corrected chi connectivity index (χ2v) is 5.40. The smallest absolute Gasteiger partial charge is 0.152 e. The molecule has 94 valence electrons. The Hall–Kier alpha value is -1.87. The molecular formula is C16H12BrNO. The number of hydrogen-bond acceptors (Lipinski definition) is 1. The third-order valence-corrected chi connectivity index (χ3v) is 3.72. The minimum atomic E-state index is 0.737. The molecule has 0 atom stereocenters. The average molecular weight is 314 g/mol. The maximum atomic E-state index is 11.3. The molecule has 0 aliphatic carbocycles. The number of hydrogen-bond donors (Lipinski definition) is 1. The summed E-state index contributed by atoms with van der Waals surface area (Å²) in [5.74, 6) is 0. The maximum absolute atomic E-state index is 11.3. The highest BCUT2D eigenvalue weighted by molar-refractivity contribution is 9.10. The van der Waals surface area contributed by atoms with Crippen LogP contribution in [0.15, 0.2) is 53.0 Å². The fourth-order valence-corrected chi connectivity index (χ4v) is 2.68. The number of aromatic nitrogens is 1. The number of benzene rings is 2. The topological polar surface area (TPSA) is 32.9 Å². The van der Waals surface area contributed by atoms with Crippen LogP contribution < -0.4 is 0 Å². The number of carbonyl (C=O) groups excluding carboxylic acids is 1. The number of nitrogens with one attached hydrogen (secondary N) is 1. The molecule has 2 aromatic carbocycles. The van der Waals surface area contributed by atoms with Gasteiger partial charge >= 0.3 is 0 Å². The molecule has 0 bridgehead atoms. The summed E-state index contributed by atoms with van der Waals surface area (Å²) >= 11 is 3.45. The molecule has 0 spiro atoms. The van der Waals surface area contributed by atoms with Crippen LogP contribution >= 0.6 is 15.9 Å². The van der Waals surface area contributed by atoms with E-state index >= 15 is 0 Å². The minimum absolute atomic E-state index is 0.737. The Kier molecular flexibility index (Phi) is 3.22. The van der Waals surface area contributed by atoms with E-state index in [2.05, 4.69) is 33.0 Å². The number of carbonyl (C=O) groups is 1. The molecule has 0 fully saturated rings. The maximum Gasteiger partial charge on any atom is 0.152 e. The van der Waals surface area contributed by atoms with Crippen molar-refractivity contribution in [1.82, 2.24) is 4.98 Å². The van der Waals surface area contributed by atoms with Crippen LogP contribution in [0.4, 0.5) is 0 Å². The Morgan fingerprint density at radius 2 is 1.89 bits per heavy atom. The summed E-state index contributed by atoms with van der Waals surface area (Å²) in [6.07, 6.45) is 1.67. The van der Waals surface area contributed by atoms with E-state index in [-0.39, 0.29) is 0 Å². The quantitative estimate of drug-likeness (QED) is 0.717. The number of aldehydes is 1. The van der Waals surface area contributed by atoms with Crippen LogP contribution in [0, 0.1) is 0 Å². The zero-order valence-corrected chi connectivity index (χ0v) is 11.8. The minimum Gasteiger partial charge on any atom is -0.357 e. The Balaban J connectivity index is 2.10. The number of aromatic amines is 1. The van der Waals surface area contributed by atoms with E-state index in [0.29, 0.717) is 0 Å². The van der Waals surface area contributed by atoms with Gasteiger partial charge in [0.25, 0.3) is 0 Å². The summed E-state index contributed by atoms with van der Waals surface area (Å²) in [7, 11) is 0. The second kappa shape index (κ2) is 5.02. The van der Waals surface area contributed by atoms with Crippen LogP contribution in [0.3, 0.4) is 0 Å². The van der Waals surface area contributed by atoms with Gasteiger partial charge in [-0.05, 0) is 17.7 Å². The van der Waals surface area contributed by atoms with E-state index in [4.69, 9.17) is 0 Å². The molecule has 19 heavy (non-hydrogen) atoms. The molecule has 0 radical (unpaired) electrons. The van der Waals surface area contributed by atoms with Gasteiger partial charge < -0.3 is 4.98 Å². The third kappa shape index (κ3) is 2.34. The van der Waals surface area contributed by atoms with Crippen LogP contribution in [0.5, 0.6) is 0 Å². The highest BCUT2D eigenvalue weighted by atomic mass is 79.9. The fraction of sp³-hybridized carbons (Fsp3) is 0.0625. The Bertz CT molecular complexity index is 731. The highest BCUT2D eigenvalue weighted by Gasteiger charge is 2.11. The summed E-state index contributed by atoms with van der Waals surface area (Å²) in [6, 6.07) is 16.1. The standard InChI is InChI=1S/C16H12BrNO/c17-12-6-7-13-14(10-19)15(18-16(13)9-12)8-11-4-2-1-3-5-11/h1-7,9-10,18H,8H2. The van der Waals surface area contributed by atoms with Crippen molar-refractivity contribution in [2.45, 2.75) is 6.42 Å². The molecule has 0 aliphatic heterocycles. The molecule has 3 aromatic rings. The Morgan fingerprint density at radius 1 is 1.11 bits per heavy atom. The monoisotopic (exact) mass is 313 g/mol. The zero-order chi connectivity index (χ0) is 13.2. The van der Waals surface area contributed by atoms with Crippen molar-refractivity contribution in [3.63, 3.8) is 0 Å². The van der Waals surface area contributed by atoms with Gasteiger partial charge in [0.05, 0.1) is 0 Å². The fourth-order valence-electron chi connectivity index (χ4n) is 2.32. The lowest BCUT2D eigenvalue weighted by Crippen LogP contribution is -1.92. The third-order valence-electron chi connectivity index (χ3n) is 3.22.